The van der Waals surface area contributed by atoms with E-state index in [2.05, 4.69) is 0 Å². The molecule has 9 atom stereocenters. The maximum atomic E-state index is 10.6. The van der Waals surface area contributed by atoms with Crippen molar-refractivity contribution in [3.05, 3.63) is 0 Å². The van der Waals surface area contributed by atoms with Gasteiger partial charge in [0.05, 0.1) is 13.2 Å². The van der Waals surface area contributed by atoms with Crippen molar-refractivity contribution in [3.63, 3.8) is 0 Å². The molecule has 2 heterocycles. The second-order valence-electron chi connectivity index (χ2n) is 6.29. The van der Waals surface area contributed by atoms with Gasteiger partial charge in [0.1, 0.15) is 55.9 Å². The minimum Gasteiger partial charge on any atom is -0.480 e. The Hall–Kier alpha value is -0.970. The first-order valence-corrected chi connectivity index (χ1v) is 8.09. The Morgan fingerprint density at radius 2 is 1.56 bits per heavy atom. The summed E-state index contributed by atoms with van der Waals surface area (Å²) < 4.78 is 20.7. The number of carbonyl (C=O) groups is 1. The Morgan fingerprint density at radius 1 is 0.926 bits per heavy atom. The van der Waals surface area contributed by atoms with Gasteiger partial charge in [-0.15, -0.1) is 0 Å². The molecule has 2 aliphatic heterocycles. The zero-order valence-electron chi connectivity index (χ0n) is 14.1. The van der Waals surface area contributed by atoms with Gasteiger partial charge in [-0.25, -0.2) is 4.79 Å². The Morgan fingerprint density at radius 3 is 2.07 bits per heavy atom. The lowest BCUT2D eigenvalue weighted by Gasteiger charge is -2.43. The molecule has 0 spiro atoms. The van der Waals surface area contributed by atoms with Gasteiger partial charge in [-0.3, -0.25) is 0 Å². The number of aliphatic hydroxyl groups excluding tert-OH is 7. The van der Waals surface area contributed by atoms with Gasteiger partial charge < -0.3 is 59.8 Å². The lowest BCUT2D eigenvalue weighted by Crippen LogP contribution is -2.62. The number of carboxylic acids is 1. The number of carboxylic acid groups (broad SMARTS) is 1. The topological polar surface area (TPSA) is 216 Å². The van der Waals surface area contributed by atoms with Crippen molar-refractivity contribution >= 4 is 5.97 Å². The van der Waals surface area contributed by atoms with Crippen molar-refractivity contribution in [2.45, 2.75) is 54.8 Å². The van der Waals surface area contributed by atoms with Crippen LogP contribution in [0, 0.1) is 0 Å². The highest BCUT2D eigenvalue weighted by atomic mass is 16.8. The molecule has 27 heavy (non-hydrogen) atoms. The second-order valence-corrected chi connectivity index (χ2v) is 6.29. The van der Waals surface area contributed by atoms with Crippen LogP contribution in [-0.4, -0.2) is 128 Å². The number of aliphatic hydroxyl groups is 7. The van der Waals surface area contributed by atoms with Gasteiger partial charge in [0.2, 0.25) is 5.79 Å². The molecular formula is C14H24O13. The molecule has 0 aliphatic carbocycles. The number of hydrogen-bond donors (Lipinski definition) is 8. The highest BCUT2D eigenvalue weighted by Crippen LogP contribution is 2.36. The molecular weight excluding hydrogens is 376 g/mol. The van der Waals surface area contributed by atoms with E-state index in [-0.39, 0.29) is 0 Å². The van der Waals surface area contributed by atoms with Gasteiger partial charge in [-0.1, -0.05) is 0 Å². The fourth-order valence-corrected chi connectivity index (χ4v) is 2.90. The highest BCUT2D eigenvalue weighted by Gasteiger charge is 2.58. The Labute approximate surface area is 152 Å². The van der Waals surface area contributed by atoms with Crippen LogP contribution in [0.2, 0.25) is 0 Å². The fourth-order valence-electron chi connectivity index (χ4n) is 2.90. The van der Waals surface area contributed by atoms with Crippen LogP contribution in [0.3, 0.4) is 0 Å². The Kier molecular flexibility index (Phi) is 7.46. The van der Waals surface area contributed by atoms with E-state index in [4.69, 9.17) is 24.1 Å². The minimum atomic E-state index is -2.27. The van der Waals surface area contributed by atoms with E-state index in [0.29, 0.717) is 0 Å². The van der Waals surface area contributed by atoms with E-state index in [1.807, 2.05) is 0 Å². The molecule has 13 nitrogen and oxygen atoms in total. The first kappa shape index (κ1) is 22.3. The fraction of sp³-hybridized carbons (Fsp3) is 0.929. The van der Waals surface area contributed by atoms with Gasteiger partial charge in [-0.05, 0) is 0 Å². The summed E-state index contributed by atoms with van der Waals surface area (Å²) in [6, 6.07) is 0. The number of hydrogen-bond acceptors (Lipinski definition) is 12. The molecule has 8 N–H and O–H groups in total. The smallest absolute Gasteiger partial charge is 0.329 e. The summed E-state index contributed by atoms with van der Waals surface area (Å²) in [5, 5.41) is 77.0. The monoisotopic (exact) mass is 400 g/mol. The van der Waals surface area contributed by atoms with Crippen molar-refractivity contribution in [2.75, 3.05) is 26.4 Å². The van der Waals surface area contributed by atoms with Crippen LogP contribution in [0.15, 0.2) is 0 Å². The molecule has 0 radical (unpaired) electrons. The summed E-state index contributed by atoms with van der Waals surface area (Å²) in [4.78, 5) is 10.6. The molecule has 0 bridgehead atoms. The van der Waals surface area contributed by atoms with E-state index in [1.165, 1.54) is 0 Å². The molecule has 0 unspecified atom stereocenters. The Bertz CT molecular complexity index is 501. The lowest BCUT2D eigenvalue weighted by molar-refractivity contribution is -0.385. The van der Waals surface area contributed by atoms with Gasteiger partial charge in [0, 0.05) is 0 Å². The van der Waals surface area contributed by atoms with Gasteiger partial charge in [0.15, 0.2) is 6.29 Å². The summed E-state index contributed by atoms with van der Waals surface area (Å²) in [5.74, 6) is -3.61. The standard InChI is InChI=1S/C14H24O13/c15-1-5-8(19)10(21)11(22)13(25-5)27-14(4-24-3-7(17)18)12(23)9(20)6(2-16)26-14/h5-6,8-13,15-16,19-23H,1-4H2,(H,17,18)/t5-,6-,8-,9-,10+,11-,12+,13-,14+/m1/s1. The number of ether oxygens (including phenoxy) is 4. The predicted molar refractivity (Wildman–Crippen MR) is 80.0 cm³/mol. The zero-order valence-corrected chi connectivity index (χ0v) is 14.1. The van der Waals surface area contributed by atoms with Crippen LogP contribution in [-0.2, 0) is 23.7 Å². The molecule has 0 aromatic heterocycles. The van der Waals surface area contributed by atoms with Gasteiger partial charge >= 0.3 is 5.97 Å². The lowest BCUT2D eigenvalue weighted by atomic mass is 9.99. The zero-order chi connectivity index (χ0) is 20.4. The van der Waals surface area contributed by atoms with Crippen molar-refractivity contribution in [3.8, 4) is 0 Å². The minimum absolute atomic E-state index is 0.725. The van der Waals surface area contributed by atoms with Crippen LogP contribution in [0.5, 0.6) is 0 Å². The van der Waals surface area contributed by atoms with Crippen molar-refractivity contribution in [2.24, 2.45) is 0 Å². The molecule has 0 aromatic carbocycles. The summed E-state index contributed by atoms with van der Waals surface area (Å²) >= 11 is 0. The molecule has 2 saturated heterocycles. The molecule has 2 aliphatic rings. The van der Waals surface area contributed by atoms with Crippen molar-refractivity contribution in [1.29, 1.82) is 0 Å². The quantitative estimate of drug-likeness (QED) is 0.191. The summed E-state index contributed by atoms with van der Waals surface area (Å²) in [7, 11) is 0. The van der Waals surface area contributed by atoms with Crippen LogP contribution in [0.1, 0.15) is 0 Å². The molecule has 0 saturated carbocycles. The van der Waals surface area contributed by atoms with Gasteiger partial charge in [0.25, 0.3) is 0 Å². The van der Waals surface area contributed by atoms with Crippen LogP contribution in [0.25, 0.3) is 0 Å². The van der Waals surface area contributed by atoms with E-state index >= 15 is 0 Å². The largest absolute Gasteiger partial charge is 0.480 e. The first-order chi connectivity index (χ1) is 12.7. The third-order valence-corrected chi connectivity index (χ3v) is 4.38. The average molecular weight is 400 g/mol. The molecule has 2 fully saturated rings. The predicted octanol–water partition coefficient (Wildman–Crippen LogP) is -5.29. The van der Waals surface area contributed by atoms with Crippen LogP contribution >= 0.6 is 0 Å². The maximum absolute atomic E-state index is 10.6. The molecule has 0 aromatic rings. The van der Waals surface area contributed by atoms with E-state index in [9.17, 15) is 40.5 Å². The second kappa shape index (κ2) is 9.02. The summed E-state index contributed by atoms with van der Waals surface area (Å²) in [6.07, 6.45) is -13.2. The summed E-state index contributed by atoms with van der Waals surface area (Å²) in [6.45, 7) is -3.02. The molecule has 13 heteroatoms. The van der Waals surface area contributed by atoms with Crippen LogP contribution < -0.4 is 0 Å². The third kappa shape index (κ3) is 4.55. The molecule has 158 valence electrons. The van der Waals surface area contributed by atoms with E-state index in [0.717, 1.165) is 0 Å². The first-order valence-electron chi connectivity index (χ1n) is 8.09. The van der Waals surface area contributed by atoms with Crippen molar-refractivity contribution in [1.82, 2.24) is 0 Å². The van der Waals surface area contributed by atoms with Crippen LogP contribution in [0.4, 0.5) is 0 Å². The summed E-state index contributed by atoms with van der Waals surface area (Å²) in [5.41, 5.74) is 0. The maximum Gasteiger partial charge on any atom is 0.329 e. The highest BCUT2D eigenvalue weighted by molar-refractivity contribution is 5.67. The third-order valence-electron chi connectivity index (χ3n) is 4.38. The molecule has 2 rings (SSSR count). The Balaban J connectivity index is 2.22. The molecule has 0 amide bonds. The SMILES string of the molecule is O=C(O)COC[C@@]1(O[C@H]2O[C@H](CO)[C@@H](O)[C@H](O)[C@H]2O)O[C@H](CO)[C@@H](O)[C@@H]1O. The van der Waals surface area contributed by atoms with E-state index in [1.54, 1.807) is 0 Å². The van der Waals surface area contributed by atoms with E-state index < -0.39 is 87.2 Å². The number of aliphatic carboxylic acids is 1. The average Bonchev–Trinajstić information content (AvgIpc) is 2.87. The normalized spacial score (nSPS) is 45.1. The van der Waals surface area contributed by atoms with Gasteiger partial charge in [-0.2, -0.15) is 0 Å². The van der Waals surface area contributed by atoms with Crippen molar-refractivity contribution < 1.29 is 64.6 Å². The number of rotatable bonds is 8.